The number of amides is 2. The van der Waals surface area contributed by atoms with Crippen LogP contribution in [0.25, 0.3) is 0 Å². The van der Waals surface area contributed by atoms with Crippen LogP contribution < -0.4 is 14.8 Å². The number of Topliss-reactive ketones (excluding diaryl/α,β-unsaturated/α-hetero) is 1. The number of hydrogen-bond donors (Lipinski definition) is 1. The zero-order valence-electron chi connectivity index (χ0n) is 25.1. The average Bonchev–Trinajstić information content (AvgIpc) is 3.58. The highest BCUT2D eigenvalue weighted by Gasteiger charge is 2.54. The van der Waals surface area contributed by atoms with Gasteiger partial charge in [0, 0.05) is 24.6 Å². The minimum atomic E-state index is -4.17. The van der Waals surface area contributed by atoms with Crippen molar-refractivity contribution < 1.29 is 32.3 Å². The number of aromatic nitrogens is 1. The van der Waals surface area contributed by atoms with E-state index in [1.165, 1.54) is 23.2 Å². The smallest absolute Gasteiger partial charge is 0.251 e. The molecule has 0 saturated carbocycles. The standard InChI is InChI=1S/C32H36N4O7S/c1-32(2,3)23-11-9-22(10-12-23)30(38)33-26(18-21-7-13-24(43-4)14-8-21)31(39)35-17-15-27-29(35)28(37)20-36(27)44(41,42)25-6-5-16-34(40)19-25/h5-14,16,19,26-27,29H,15,17-18,20H2,1-4H3,(H,33,38). The molecule has 1 N–H and O–H groups in total. The summed E-state index contributed by atoms with van der Waals surface area (Å²) in [5.74, 6) is -0.689. The third kappa shape index (κ3) is 6.18. The van der Waals surface area contributed by atoms with Crippen LogP contribution in [0.2, 0.25) is 0 Å². The predicted octanol–water partition coefficient (Wildman–Crippen LogP) is 2.21. The van der Waals surface area contributed by atoms with Crippen LogP contribution in [0.5, 0.6) is 5.75 Å². The van der Waals surface area contributed by atoms with Gasteiger partial charge in [0.1, 0.15) is 22.7 Å². The summed E-state index contributed by atoms with van der Waals surface area (Å²) in [6, 6.07) is 14.1. The number of nitrogens with zero attached hydrogens (tertiary/aromatic N) is 3. The number of ketones is 1. The highest BCUT2D eigenvalue weighted by molar-refractivity contribution is 7.89. The fourth-order valence-electron chi connectivity index (χ4n) is 5.82. The van der Waals surface area contributed by atoms with Gasteiger partial charge < -0.3 is 20.2 Å². The molecular weight excluding hydrogens is 584 g/mol. The van der Waals surface area contributed by atoms with Gasteiger partial charge in [-0.25, -0.2) is 8.42 Å². The number of hydrogen-bond acceptors (Lipinski definition) is 7. The molecule has 3 aromatic rings. The highest BCUT2D eigenvalue weighted by Crippen LogP contribution is 2.34. The summed E-state index contributed by atoms with van der Waals surface area (Å²) in [5, 5.41) is 14.6. The zero-order valence-corrected chi connectivity index (χ0v) is 25.9. The van der Waals surface area contributed by atoms with Crippen LogP contribution >= 0.6 is 0 Å². The second-order valence-corrected chi connectivity index (χ2v) is 14.0. The van der Waals surface area contributed by atoms with Gasteiger partial charge in [0.25, 0.3) is 5.91 Å². The number of fused-ring (bicyclic) bond motifs is 1. The zero-order chi connectivity index (χ0) is 31.8. The van der Waals surface area contributed by atoms with E-state index in [2.05, 4.69) is 26.1 Å². The lowest BCUT2D eigenvalue weighted by Crippen LogP contribution is -2.53. The molecule has 2 amide bonds. The van der Waals surface area contributed by atoms with Crippen LogP contribution in [-0.4, -0.2) is 73.5 Å². The number of carbonyl (C=O) groups is 3. The summed E-state index contributed by atoms with van der Waals surface area (Å²) in [6.45, 7) is 5.95. The monoisotopic (exact) mass is 620 g/mol. The topological polar surface area (TPSA) is 140 Å². The lowest BCUT2D eigenvalue weighted by Gasteiger charge is -2.28. The number of carbonyl (C=O) groups excluding carboxylic acids is 3. The molecule has 0 bridgehead atoms. The van der Waals surface area contributed by atoms with Gasteiger partial charge in [-0.2, -0.15) is 9.04 Å². The van der Waals surface area contributed by atoms with Gasteiger partial charge in [-0.15, -0.1) is 0 Å². The van der Waals surface area contributed by atoms with E-state index in [0.717, 1.165) is 21.6 Å². The molecule has 1 aromatic heterocycles. The van der Waals surface area contributed by atoms with Crippen molar-refractivity contribution in [2.45, 2.75) is 62.0 Å². The fourth-order valence-corrected chi connectivity index (χ4v) is 7.46. The van der Waals surface area contributed by atoms with Gasteiger partial charge >= 0.3 is 0 Å². The molecule has 2 saturated heterocycles. The molecule has 3 unspecified atom stereocenters. The molecule has 232 valence electrons. The number of sulfonamides is 1. The number of pyridine rings is 1. The van der Waals surface area contributed by atoms with Crippen LogP contribution in [-0.2, 0) is 31.4 Å². The third-order valence-corrected chi connectivity index (χ3v) is 10.1. The first-order valence-corrected chi connectivity index (χ1v) is 15.8. The van der Waals surface area contributed by atoms with Crippen LogP contribution in [0.3, 0.4) is 0 Å². The minimum Gasteiger partial charge on any atom is -0.619 e. The number of nitrogens with one attached hydrogen (secondary N) is 1. The van der Waals surface area contributed by atoms with E-state index in [0.29, 0.717) is 16.0 Å². The second kappa shape index (κ2) is 12.0. The molecule has 3 atom stereocenters. The van der Waals surface area contributed by atoms with E-state index in [4.69, 9.17) is 4.74 Å². The summed E-state index contributed by atoms with van der Waals surface area (Å²) in [4.78, 5) is 41.9. The Bertz CT molecular complexity index is 1670. The predicted molar refractivity (Wildman–Crippen MR) is 161 cm³/mol. The minimum absolute atomic E-state index is 0.0972. The molecule has 2 aliphatic heterocycles. The molecule has 44 heavy (non-hydrogen) atoms. The molecule has 2 aromatic carbocycles. The van der Waals surface area contributed by atoms with Crippen molar-refractivity contribution >= 4 is 27.6 Å². The fraction of sp³-hybridized carbons (Fsp3) is 0.375. The molecule has 0 aliphatic carbocycles. The quantitative estimate of drug-likeness (QED) is 0.301. The largest absolute Gasteiger partial charge is 0.619 e. The number of rotatable bonds is 8. The van der Waals surface area contributed by atoms with Crippen molar-refractivity contribution in [3.8, 4) is 5.75 Å². The summed E-state index contributed by atoms with van der Waals surface area (Å²) in [5.41, 5.74) is 2.11. The molecule has 0 radical (unpaired) electrons. The first-order valence-electron chi connectivity index (χ1n) is 14.4. The van der Waals surface area contributed by atoms with E-state index in [-0.39, 0.29) is 29.7 Å². The number of likely N-dealkylation sites (tertiary alicyclic amines) is 1. The normalized spacial score (nSPS) is 19.5. The van der Waals surface area contributed by atoms with Gasteiger partial charge in [-0.05, 0) is 53.3 Å². The van der Waals surface area contributed by atoms with Gasteiger partial charge in [0.15, 0.2) is 18.2 Å². The Balaban J connectivity index is 1.40. The lowest BCUT2D eigenvalue weighted by molar-refractivity contribution is -0.607. The van der Waals surface area contributed by atoms with Crippen molar-refractivity contribution in [3.63, 3.8) is 0 Å². The molecule has 3 heterocycles. The summed E-state index contributed by atoms with van der Waals surface area (Å²) in [7, 11) is -2.62. The molecule has 12 heteroatoms. The van der Waals surface area contributed by atoms with Crippen molar-refractivity contribution in [2.24, 2.45) is 0 Å². The van der Waals surface area contributed by atoms with Gasteiger partial charge in [-0.1, -0.05) is 45.0 Å². The van der Waals surface area contributed by atoms with E-state index in [1.807, 2.05) is 12.1 Å². The van der Waals surface area contributed by atoms with Crippen LogP contribution in [0, 0.1) is 5.21 Å². The maximum absolute atomic E-state index is 14.1. The molecule has 5 rings (SSSR count). The van der Waals surface area contributed by atoms with Gasteiger partial charge in [-0.3, -0.25) is 14.4 Å². The van der Waals surface area contributed by atoms with E-state index < -0.39 is 52.3 Å². The van der Waals surface area contributed by atoms with E-state index >= 15 is 0 Å². The Morgan fingerprint density at radius 1 is 1.09 bits per heavy atom. The van der Waals surface area contributed by atoms with E-state index in [9.17, 15) is 28.0 Å². The SMILES string of the molecule is COc1ccc(CC(NC(=O)c2ccc(C(C)(C)C)cc2)C(=O)N2CCC3C2C(=O)CN3S(=O)(=O)c2ccc[n+]([O-])c2)cc1. The molecular formula is C32H36N4O7S. The highest BCUT2D eigenvalue weighted by atomic mass is 32.2. The van der Waals surface area contributed by atoms with Crippen LogP contribution in [0.4, 0.5) is 0 Å². The van der Waals surface area contributed by atoms with Crippen molar-refractivity contribution in [1.82, 2.24) is 14.5 Å². The maximum atomic E-state index is 14.1. The first-order chi connectivity index (χ1) is 20.8. The van der Waals surface area contributed by atoms with Crippen molar-refractivity contribution in [2.75, 3.05) is 20.2 Å². The Kier molecular flexibility index (Phi) is 8.50. The van der Waals surface area contributed by atoms with Crippen LogP contribution in [0.15, 0.2) is 78.0 Å². The average molecular weight is 621 g/mol. The Hall–Kier alpha value is -4.29. The molecule has 11 nitrogen and oxygen atoms in total. The number of ether oxygens (including phenoxy) is 1. The Morgan fingerprint density at radius 2 is 1.77 bits per heavy atom. The molecule has 2 aliphatic rings. The third-order valence-electron chi connectivity index (χ3n) is 8.23. The van der Waals surface area contributed by atoms with Crippen LogP contribution in [0.1, 0.15) is 48.7 Å². The summed E-state index contributed by atoms with van der Waals surface area (Å²) in [6.07, 6.45) is 2.50. The number of methoxy groups -OCH3 is 1. The molecule has 2 fully saturated rings. The molecule has 0 spiro atoms. The Labute approximate surface area is 257 Å². The Morgan fingerprint density at radius 3 is 2.39 bits per heavy atom. The van der Waals surface area contributed by atoms with Gasteiger partial charge in [0.2, 0.25) is 15.9 Å². The number of benzene rings is 2. The lowest BCUT2D eigenvalue weighted by atomic mass is 9.86. The van der Waals surface area contributed by atoms with Crippen molar-refractivity contribution in [3.05, 3.63) is 95.0 Å². The van der Waals surface area contributed by atoms with E-state index in [1.54, 1.807) is 43.5 Å². The maximum Gasteiger partial charge on any atom is 0.251 e. The van der Waals surface area contributed by atoms with Crippen molar-refractivity contribution in [1.29, 1.82) is 0 Å². The summed E-state index contributed by atoms with van der Waals surface area (Å²) >= 11 is 0. The first kappa shape index (κ1) is 31.1. The summed E-state index contributed by atoms with van der Waals surface area (Å²) < 4.78 is 33.5. The van der Waals surface area contributed by atoms with Gasteiger partial charge in [0.05, 0.1) is 19.7 Å². The second-order valence-electron chi connectivity index (χ2n) is 12.2.